The number of rotatable bonds is 8. The second-order valence-corrected chi connectivity index (χ2v) is 8.51. The van der Waals surface area contributed by atoms with Crippen LogP contribution in [0.25, 0.3) is 0 Å². The molecule has 10 nitrogen and oxygen atoms in total. The van der Waals surface area contributed by atoms with Gasteiger partial charge < -0.3 is 20.1 Å². The molecule has 0 radical (unpaired) electrons. The summed E-state index contributed by atoms with van der Waals surface area (Å²) in [6.45, 7) is 1.94. The molecule has 3 aromatic carbocycles. The molecule has 11 heteroatoms. The summed E-state index contributed by atoms with van der Waals surface area (Å²) in [4.78, 5) is 62.9. The Bertz CT molecular complexity index is 1500. The second-order valence-electron chi connectivity index (χ2n) is 8.13. The summed E-state index contributed by atoms with van der Waals surface area (Å²) in [5, 5.41) is 5.24. The standard InChI is InChI=1S/C28H22ClN3O7/c1-3-39-28(37)18-5-4-6-20(15-18)31-24(33)16-7-11-19(12-8-16)30-23-22(29)25(34)32(26(23)35)21-13-9-17(10-14-21)27(36)38-2/h4-15,30H,3H2,1-2H3,(H,31,33). The Labute approximate surface area is 228 Å². The van der Waals surface area contributed by atoms with E-state index in [9.17, 15) is 24.0 Å². The number of methoxy groups -OCH3 is 1. The fraction of sp³-hybridized carbons (Fsp3) is 0.107. The SMILES string of the molecule is CCOC(=O)c1cccc(NC(=O)c2ccc(NC3=C(Cl)C(=O)N(c4ccc(C(=O)OC)cc4)C3=O)cc2)c1. The zero-order chi connectivity index (χ0) is 28.1. The Morgan fingerprint density at radius 2 is 1.49 bits per heavy atom. The van der Waals surface area contributed by atoms with Crippen molar-refractivity contribution in [2.24, 2.45) is 0 Å². The quantitative estimate of drug-likeness (QED) is 0.314. The van der Waals surface area contributed by atoms with E-state index in [1.54, 1.807) is 37.3 Å². The summed E-state index contributed by atoms with van der Waals surface area (Å²) in [5.41, 5.74) is 1.80. The van der Waals surface area contributed by atoms with Gasteiger partial charge in [0, 0.05) is 16.9 Å². The van der Waals surface area contributed by atoms with Gasteiger partial charge in [0.05, 0.1) is 30.5 Å². The number of carbonyl (C=O) groups is 5. The van der Waals surface area contributed by atoms with Crippen molar-refractivity contribution in [3.63, 3.8) is 0 Å². The smallest absolute Gasteiger partial charge is 0.338 e. The first kappa shape index (κ1) is 27.1. The number of esters is 2. The summed E-state index contributed by atoms with van der Waals surface area (Å²) in [6, 6.07) is 18.2. The molecule has 1 heterocycles. The Balaban J connectivity index is 1.44. The fourth-order valence-corrected chi connectivity index (χ4v) is 3.91. The molecule has 0 aromatic heterocycles. The minimum Gasteiger partial charge on any atom is -0.465 e. The topological polar surface area (TPSA) is 131 Å². The van der Waals surface area contributed by atoms with Crippen molar-refractivity contribution in [1.29, 1.82) is 0 Å². The van der Waals surface area contributed by atoms with Crippen molar-refractivity contribution in [2.45, 2.75) is 6.92 Å². The summed E-state index contributed by atoms with van der Waals surface area (Å²) >= 11 is 6.18. The molecule has 0 aliphatic carbocycles. The van der Waals surface area contributed by atoms with Crippen LogP contribution in [0, 0.1) is 0 Å². The van der Waals surface area contributed by atoms with E-state index in [1.165, 1.54) is 49.6 Å². The predicted octanol–water partition coefficient (Wildman–Crippen LogP) is 4.34. The highest BCUT2D eigenvalue weighted by Gasteiger charge is 2.39. The van der Waals surface area contributed by atoms with Crippen LogP contribution in [0.4, 0.5) is 17.1 Å². The molecular weight excluding hydrogens is 526 g/mol. The van der Waals surface area contributed by atoms with Crippen LogP contribution in [0.1, 0.15) is 38.0 Å². The van der Waals surface area contributed by atoms with Crippen LogP contribution in [-0.4, -0.2) is 43.4 Å². The maximum Gasteiger partial charge on any atom is 0.338 e. The van der Waals surface area contributed by atoms with Crippen LogP contribution >= 0.6 is 11.6 Å². The first-order valence-electron chi connectivity index (χ1n) is 11.7. The van der Waals surface area contributed by atoms with Gasteiger partial charge in [-0.25, -0.2) is 14.5 Å². The average molecular weight is 548 g/mol. The molecule has 0 saturated carbocycles. The molecule has 4 rings (SSSR count). The van der Waals surface area contributed by atoms with Crippen molar-refractivity contribution >= 4 is 58.3 Å². The van der Waals surface area contributed by atoms with Gasteiger partial charge in [0.15, 0.2) is 0 Å². The molecular formula is C28H22ClN3O7. The number of ether oxygens (including phenoxy) is 2. The third kappa shape index (κ3) is 5.81. The van der Waals surface area contributed by atoms with Crippen LogP contribution in [0.3, 0.4) is 0 Å². The molecule has 1 aliphatic heterocycles. The Hall–Kier alpha value is -4.96. The molecule has 39 heavy (non-hydrogen) atoms. The van der Waals surface area contributed by atoms with Gasteiger partial charge in [-0.3, -0.25) is 14.4 Å². The maximum atomic E-state index is 13.0. The number of benzene rings is 3. The van der Waals surface area contributed by atoms with Crippen LogP contribution in [-0.2, 0) is 19.1 Å². The maximum absolute atomic E-state index is 13.0. The fourth-order valence-electron chi connectivity index (χ4n) is 3.70. The Morgan fingerprint density at radius 3 is 2.13 bits per heavy atom. The van der Waals surface area contributed by atoms with E-state index >= 15 is 0 Å². The van der Waals surface area contributed by atoms with Crippen LogP contribution < -0.4 is 15.5 Å². The van der Waals surface area contributed by atoms with Gasteiger partial charge in [0.2, 0.25) is 0 Å². The number of amides is 3. The highest BCUT2D eigenvalue weighted by molar-refractivity contribution is 6.53. The van der Waals surface area contributed by atoms with E-state index in [4.69, 9.17) is 16.3 Å². The number of nitrogens with zero attached hydrogens (tertiary/aromatic N) is 1. The number of halogens is 1. The van der Waals surface area contributed by atoms with Gasteiger partial charge in [0.1, 0.15) is 10.7 Å². The molecule has 0 saturated heterocycles. The average Bonchev–Trinajstić information content (AvgIpc) is 3.16. The molecule has 3 amide bonds. The molecule has 2 N–H and O–H groups in total. The number of anilines is 3. The van der Waals surface area contributed by atoms with Crippen LogP contribution in [0.2, 0.25) is 0 Å². The minimum absolute atomic E-state index is 0.133. The largest absolute Gasteiger partial charge is 0.465 e. The number of hydrogen-bond acceptors (Lipinski definition) is 8. The number of imide groups is 1. The van der Waals surface area contributed by atoms with E-state index < -0.39 is 29.7 Å². The number of nitrogens with one attached hydrogen (secondary N) is 2. The lowest BCUT2D eigenvalue weighted by molar-refractivity contribution is -0.120. The lowest BCUT2D eigenvalue weighted by atomic mass is 10.1. The molecule has 0 spiro atoms. The zero-order valence-corrected chi connectivity index (χ0v) is 21.6. The normalized spacial score (nSPS) is 12.8. The van der Waals surface area contributed by atoms with Crippen molar-refractivity contribution in [2.75, 3.05) is 29.3 Å². The van der Waals surface area contributed by atoms with E-state index in [2.05, 4.69) is 15.4 Å². The van der Waals surface area contributed by atoms with Crippen LogP contribution in [0.5, 0.6) is 0 Å². The highest BCUT2D eigenvalue weighted by Crippen LogP contribution is 2.30. The third-order valence-corrected chi connectivity index (χ3v) is 5.97. The molecule has 0 fully saturated rings. The molecule has 0 atom stereocenters. The molecule has 198 valence electrons. The number of hydrogen-bond donors (Lipinski definition) is 2. The van der Waals surface area contributed by atoms with E-state index in [1.807, 2.05) is 0 Å². The van der Waals surface area contributed by atoms with Gasteiger partial charge >= 0.3 is 11.9 Å². The first-order valence-corrected chi connectivity index (χ1v) is 12.0. The second kappa shape index (κ2) is 11.6. The zero-order valence-electron chi connectivity index (χ0n) is 20.8. The first-order chi connectivity index (χ1) is 18.7. The van der Waals surface area contributed by atoms with Crippen molar-refractivity contribution in [1.82, 2.24) is 0 Å². The van der Waals surface area contributed by atoms with Gasteiger partial charge in [-0.1, -0.05) is 17.7 Å². The summed E-state index contributed by atoms with van der Waals surface area (Å²) in [6.07, 6.45) is 0. The molecule has 0 unspecified atom stereocenters. The molecule has 3 aromatic rings. The lowest BCUT2D eigenvalue weighted by Crippen LogP contribution is -2.32. The monoisotopic (exact) mass is 547 g/mol. The Morgan fingerprint density at radius 1 is 0.821 bits per heavy atom. The third-order valence-electron chi connectivity index (χ3n) is 5.62. The lowest BCUT2D eigenvalue weighted by Gasteiger charge is -2.15. The van der Waals surface area contributed by atoms with Gasteiger partial charge in [-0.05, 0) is 73.7 Å². The number of carbonyl (C=O) groups excluding carboxylic acids is 5. The van der Waals surface area contributed by atoms with Gasteiger partial charge in [0.25, 0.3) is 17.7 Å². The Kier molecular flexibility index (Phi) is 8.07. The molecule has 1 aliphatic rings. The van der Waals surface area contributed by atoms with Crippen molar-refractivity contribution < 1.29 is 33.4 Å². The van der Waals surface area contributed by atoms with Crippen molar-refractivity contribution in [3.8, 4) is 0 Å². The summed E-state index contributed by atoms with van der Waals surface area (Å²) in [7, 11) is 1.25. The predicted molar refractivity (Wildman–Crippen MR) is 144 cm³/mol. The van der Waals surface area contributed by atoms with Gasteiger partial charge in [-0.2, -0.15) is 0 Å². The van der Waals surface area contributed by atoms with Crippen molar-refractivity contribution in [3.05, 3.63) is 100 Å². The van der Waals surface area contributed by atoms with Gasteiger partial charge in [-0.15, -0.1) is 0 Å². The van der Waals surface area contributed by atoms with E-state index in [-0.39, 0.29) is 28.6 Å². The van der Waals surface area contributed by atoms with E-state index in [0.717, 1.165) is 4.90 Å². The highest BCUT2D eigenvalue weighted by atomic mass is 35.5. The molecule has 0 bridgehead atoms. The summed E-state index contributed by atoms with van der Waals surface area (Å²) < 4.78 is 9.63. The summed E-state index contributed by atoms with van der Waals surface area (Å²) in [5.74, 6) is -2.88. The van der Waals surface area contributed by atoms with Crippen LogP contribution in [0.15, 0.2) is 83.5 Å². The van der Waals surface area contributed by atoms with E-state index in [0.29, 0.717) is 22.5 Å². The minimum atomic E-state index is -0.726.